The molecule has 4 aliphatic carbocycles. The summed E-state index contributed by atoms with van der Waals surface area (Å²) in [6.07, 6.45) is 4.51. The van der Waals surface area contributed by atoms with Crippen LogP contribution in [0, 0.1) is 28.6 Å². The minimum Gasteiger partial charge on any atom is -0.467 e. The van der Waals surface area contributed by atoms with Crippen LogP contribution in [-0.2, 0) is 39.9 Å². The van der Waals surface area contributed by atoms with Gasteiger partial charge >= 0.3 is 11.9 Å². The Balaban J connectivity index is 1.16. The topological polar surface area (TPSA) is 156 Å². The number of carbonyl (C=O) groups excluding carboxylic acids is 5. The second-order valence-electron chi connectivity index (χ2n) is 13.9. The van der Waals surface area contributed by atoms with Crippen molar-refractivity contribution in [1.29, 1.82) is 0 Å². The van der Waals surface area contributed by atoms with Gasteiger partial charge in [-0.2, -0.15) is 0 Å². The van der Waals surface area contributed by atoms with E-state index in [1.165, 1.54) is 7.11 Å². The third-order valence-corrected chi connectivity index (χ3v) is 11.5. The van der Waals surface area contributed by atoms with Crippen molar-refractivity contribution in [3.05, 3.63) is 47.5 Å². The summed E-state index contributed by atoms with van der Waals surface area (Å²) in [6.45, 7) is 3.40. The van der Waals surface area contributed by atoms with E-state index in [9.17, 15) is 34.2 Å². The number of methoxy groups -OCH3 is 1. The second kappa shape index (κ2) is 12.8. The molecule has 0 bridgehead atoms. The first kappa shape index (κ1) is 33.0. The molecule has 0 aliphatic heterocycles. The van der Waals surface area contributed by atoms with Gasteiger partial charge in [0.05, 0.1) is 19.6 Å². The van der Waals surface area contributed by atoms with Crippen molar-refractivity contribution in [3.63, 3.8) is 0 Å². The summed E-state index contributed by atoms with van der Waals surface area (Å²) in [5, 5.41) is 26.0. The molecule has 3 N–H and O–H groups in total. The molecular formula is C35H45NO9. The molecule has 0 spiro atoms. The molecule has 10 heteroatoms. The van der Waals surface area contributed by atoms with Crippen molar-refractivity contribution in [1.82, 2.24) is 5.32 Å². The lowest BCUT2D eigenvalue weighted by atomic mass is 9.45. The van der Waals surface area contributed by atoms with Crippen molar-refractivity contribution < 1.29 is 43.7 Å². The first-order chi connectivity index (χ1) is 21.3. The van der Waals surface area contributed by atoms with Gasteiger partial charge in [-0.05, 0) is 73.3 Å². The van der Waals surface area contributed by atoms with E-state index in [4.69, 9.17) is 9.47 Å². The zero-order valence-electron chi connectivity index (χ0n) is 26.4. The lowest BCUT2D eigenvalue weighted by molar-refractivity contribution is -0.184. The van der Waals surface area contributed by atoms with E-state index < -0.39 is 53.4 Å². The molecule has 244 valence electrons. The summed E-state index contributed by atoms with van der Waals surface area (Å²) in [7, 11) is 1.23. The lowest BCUT2D eigenvalue weighted by Crippen LogP contribution is -2.62. The SMILES string of the molecule is COC(=O)[C@@H](Cc1ccccc1)NC(=O)CCC(=O)OCC(=O)[C@@]1(O)CC[C@H]2[C@@H]3CCC4=CC(=O)CC[C@]4(C)[C@H]3[C@H](O)C[C@@]21C. The number of aliphatic hydroxyl groups is 2. The Hall–Kier alpha value is -3.37. The quantitative estimate of drug-likeness (QED) is 0.334. The van der Waals surface area contributed by atoms with Crippen LogP contribution >= 0.6 is 0 Å². The number of rotatable bonds is 10. The number of allylic oxidation sites excluding steroid dienone is 1. The van der Waals surface area contributed by atoms with Gasteiger partial charge in [-0.1, -0.05) is 49.8 Å². The highest BCUT2D eigenvalue weighted by atomic mass is 16.5. The summed E-state index contributed by atoms with van der Waals surface area (Å²) < 4.78 is 10.0. The number of ether oxygens (including phenoxy) is 2. The smallest absolute Gasteiger partial charge is 0.328 e. The summed E-state index contributed by atoms with van der Waals surface area (Å²) in [6, 6.07) is 8.21. The molecule has 1 aromatic carbocycles. The van der Waals surface area contributed by atoms with Crippen LogP contribution in [0.3, 0.4) is 0 Å². The van der Waals surface area contributed by atoms with Gasteiger partial charge in [-0.15, -0.1) is 0 Å². The first-order valence-corrected chi connectivity index (χ1v) is 16.1. The number of aliphatic hydroxyl groups excluding tert-OH is 1. The fourth-order valence-corrected chi connectivity index (χ4v) is 9.16. The predicted molar refractivity (Wildman–Crippen MR) is 162 cm³/mol. The van der Waals surface area contributed by atoms with Crippen molar-refractivity contribution >= 4 is 29.4 Å². The molecule has 0 radical (unpaired) electrons. The summed E-state index contributed by atoms with van der Waals surface area (Å²) in [4.78, 5) is 63.0. The van der Waals surface area contributed by atoms with E-state index in [1.54, 1.807) is 6.08 Å². The van der Waals surface area contributed by atoms with Gasteiger partial charge in [0, 0.05) is 24.7 Å². The standard InChI is InChI=1S/C35H45NO9/c1-33-15-13-23(37)18-22(33)9-10-24-25-14-16-35(43,34(25,2)19-27(38)31(24)33)28(39)20-45-30(41)12-11-29(40)36-26(32(42)44-3)17-21-7-5-4-6-8-21/h4-8,18,24-27,31,38,43H,9-17,19-20H2,1-3H3,(H,36,40)/t24-,25-,26+,27+,31+,33-,34-,35-/m0/s1. The average molecular weight is 624 g/mol. The van der Waals surface area contributed by atoms with E-state index in [-0.39, 0.29) is 61.1 Å². The highest BCUT2D eigenvalue weighted by Gasteiger charge is 2.68. The average Bonchev–Trinajstić information content (AvgIpc) is 3.29. The van der Waals surface area contributed by atoms with E-state index in [1.807, 2.05) is 37.3 Å². The number of carbonyl (C=O) groups is 5. The Morgan fingerprint density at radius 2 is 1.78 bits per heavy atom. The fraction of sp³-hybridized carbons (Fsp3) is 0.629. The normalized spacial score (nSPS) is 34.3. The maximum atomic E-state index is 13.5. The second-order valence-corrected chi connectivity index (χ2v) is 13.9. The van der Waals surface area contributed by atoms with Crippen molar-refractivity contribution in [2.75, 3.05) is 13.7 Å². The summed E-state index contributed by atoms with van der Waals surface area (Å²) in [5.74, 6) is -2.31. The van der Waals surface area contributed by atoms with E-state index in [0.717, 1.165) is 24.0 Å². The molecule has 0 aromatic heterocycles. The molecule has 3 fully saturated rings. The summed E-state index contributed by atoms with van der Waals surface area (Å²) >= 11 is 0. The van der Waals surface area contributed by atoms with Gasteiger partial charge in [-0.25, -0.2) is 4.79 Å². The Bertz CT molecular complexity index is 1370. The highest BCUT2D eigenvalue weighted by Crippen LogP contribution is 2.67. The van der Waals surface area contributed by atoms with Crippen LogP contribution < -0.4 is 5.32 Å². The molecule has 5 rings (SSSR count). The molecule has 0 saturated heterocycles. The number of nitrogens with one attached hydrogen (secondary N) is 1. The Morgan fingerprint density at radius 3 is 2.49 bits per heavy atom. The highest BCUT2D eigenvalue weighted by molar-refractivity contribution is 5.92. The zero-order valence-corrected chi connectivity index (χ0v) is 26.4. The largest absolute Gasteiger partial charge is 0.467 e. The zero-order chi connectivity index (χ0) is 32.6. The van der Waals surface area contributed by atoms with Crippen LogP contribution in [0.5, 0.6) is 0 Å². The van der Waals surface area contributed by atoms with Crippen LogP contribution in [-0.4, -0.2) is 71.1 Å². The maximum Gasteiger partial charge on any atom is 0.328 e. The number of amides is 1. The maximum absolute atomic E-state index is 13.5. The van der Waals surface area contributed by atoms with Crippen LogP contribution in [0.15, 0.2) is 42.0 Å². The van der Waals surface area contributed by atoms with Gasteiger partial charge in [0.15, 0.2) is 12.4 Å². The van der Waals surface area contributed by atoms with Gasteiger partial charge in [0.2, 0.25) is 11.7 Å². The van der Waals surface area contributed by atoms with Crippen molar-refractivity contribution in [2.45, 2.75) is 95.8 Å². The Kier molecular flexibility index (Phi) is 9.38. The van der Waals surface area contributed by atoms with Gasteiger partial charge in [-0.3, -0.25) is 19.2 Å². The third kappa shape index (κ3) is 6.11. The number of Topliss-reactive ketones (excluding diaryl/α,β-unsaturated/α-hetero) is 1. The van der Waals surface area contributed by atoms with Crippen LogP contribution in [0.25, 0.3) is 0 Å². The molecule has 0 heterocycles. The number of fused-ring (bicyclic) bond motifs is 5. The Morgan fingerprint density at radius 1 is 1.04 bits per heavy atom. The van der Waals surface area contributed by atoms with Crippen LogP contribution in [0.4, 0.5) is 0 Å². The minimum absolute atomic E-state index is 0.00823. The molecule has 3 saturated carbocycles. The molecule has 10 nitrogen and oxygen atoms in total. The monoisotopic (exact) mass is 623 g/mol. The van der Waals surface area contributed by atoms with E-state index in [2.05, 4.69) is 12.2 Å². The lowest BCUT2D eigenvalue weighted by Gasteiger charge is -2.60. The van der Waals surface area contributed by atoms with Gasteiger partial charge < -0.3 is 25.0 Å². The van der Waals surface area contributed by atoms with Gasteiger partial charge in [0.1, 0.15) is 11.6 Å². The minimum atomic E-state index is -1.76. The van der Waals surface area contributed by atoms with Crippen LogP contribution in [0.1, 0.15) is 77.2 Å². The fourth-order valence-electron chi connectivity index (χ4n) is 9.16. The predicted octanol–water partition coefficient (Wildman–Crippen LogP) is 3.01. The number of ketones is 2. The molecule has 1 amide bonds. The molecular weight excluding hydrogens is 578 g/mol. The number of hydrogen-bond acceptors (Lipinski definition) is 9. The molecule has 8 atom stereocenters. The van der Waals surface area contributed by atoms with Crippen molar-refractivity contribution in [3.8, 4) is 0 Å². The molecule has 1 aromatic rings. The van der Waals surface area contributed by atoms with Crippen LogP contribution in [0.2, 0.25) is 0 Å². The van der Waals surface area contributed by atoms with E-state index in [0.29, 0.717) is 19.3 Å². The van der Waals surface area contributed by atoms with Gasteiger partial charge in [0.25, 0.3) is 0 Å². The third-order valence-electron chi connectivity index (χ3n) is 11.5. The number of esters is 2. The number of hydrogen-bond donors (Lipinski definition) is 3. The molecule has 4 aliphatic rings. The summed E-state index contributed by atoms with van der Waals surface area (Å²) in [5.41, 5.74) is -0.975. The first-order valence-electron chi connectivity index (χ1n) is 16.1. The Labute approximate surface area is 263 Å². The van der Waals surface area contributed by atoms with Crippen molar-refractivity contribution in [2.24, 2.45) is 28.6 Å². The molecule has 0 unspecified atom stereocenters. The number of benzene rings is 1. The van der Waals surface area contributed by atoms with E-state index >= 15 is 0 Å². The molecule has 45 heavy (non-hydrogen) atoms.